The quantitative estimate of drug-likeness (QED) is 0.576. The fourth-order valence-corrected chi connectivity index (χ4v) is 2.75. The van der Waals surface area contributed by atoms with Crippen molar-refractivity contribution in [3.63, 3.8) is 0 Å². The van der Waals surface area contributed by atoms with Gasteiger partial charge in [-0.15, -0.1) is 0 Å². The number of nitrogens with one attached hydrogen (secondary N) is 2. The Labute approximate surface area is 114 Å². The van der Waals surface area contributed by atoms with Gasteiger partial charge in [-0.05, 0) is 25.9 Å². The Kier molecular flexibility index (Phi) is 6.96. The molecule has 0 saturated carbocycles. The first-order valence-corrected chi connectivity index (χ1v) is 8.21. The van der Waals surface area contributed by atoms with Crippen LogP contribution in [-0.4, -0.2) is 48.6 Å². The van der Waals surface area contributed by atoms with Gasteiger partial charge in [-0.2, -0.15) is 5.10 Å². The molecule has 0 unspecified atom stereocenters. The van der Waals surface area contributed by atoms with E-state index in [1.165, 1.54) is 0 Å². The highest BCUT2D eigenvalue weighted by atomic mass is 32.2. The highest BCUT2D eigenvalue weighted by Gasteiger charge is 2.09. The first kappa shape index (κ1) is 16.1. The maximum absolute atomic E-state index is 11.7. The van der Waals surface area contributed by atoms with Crippen LogP contribution in [0.3, 0.4) is 0 Å². The first-order valence-electron chi connectivity index (χ1n) is 6.56. The maximum Gasteiger partial charge on any atom is 0.211 e. The molecular weight excluding hydrogens is 266 g/mol. The number of sulfonamides is 1. The number of rotatable bonds is 10. The van der Waals surface area contributed by atoms with E-state index in [-0.39, 0.29) is 5.75 Å². The first-order chi connectivity index (χ1) is 9.03. The van der Waals surface area contributed by atoms with Crippen LogP contribution in [-0.2, 0) is 23.5 Å². The van der Waals surface area contributed by atoms with Gasteiger partial charge < -0.3 is 5.32 Å². The fraction of sp³-hybridized carbons (Fsp3) is 0.818. The van der Waals surface area contributed by atoms with Crippen molar-refractivity contribution in [2.75, 3.05) is 25.4 Å². The predicted molar refractivity (Wildman–Crippen MR) is 74.3 cm³/mol. The van der Waals surface area contributed by atoms with Crippen LogP contribution < -0.4 is 10.0 Å². The number of hydrogen-bond acceptors (Lipinski definition) is 5. The minimum Gasteiger partial charge on any atom is -0.317 e. The normalized spacial score (nSPS) is 11.9. The average molecular weight is 289 g/mol. The zero-order chi connectivity index (χ0) is 14.1. The van der Waals surface area contributed by atoms with Gasteiger partial charge in [0.05, 0.1) is 5.75 Å². The molecule has 0 aliphatic carbocycles. The van der Waals surface area contributed by atoms with Crippen molar-refractivity contribution in [2.45, 2.75) is 26.2 Å². The molecule has 0 spiro atoms. The summed E-state index contributed by atoms with van der Waals surface area (Å²) >= 11 is 0. The lowest BCUT2D eigenvalue weighted by molar-refractivity contribution is 0.573. The number of aromatic nitrogens is 3. The third kappa shape index (κ3) is 7.24. The lowest BCUT2D eigenvalue weighted by Crippen LogP contribution is -2.29. The molecule has 0 aromatic carbocycles. The van der Waals surface area contributed by atoms with Crippen molar-refractivity contribution >= 4 is 10.0 Å². The summed E-state index contributed by atoms with van der Waals surface area (Å²) in [7, 11) is -1.39. The van der Waals surface area contributed by atoms with Crippen molar-refractivity contribution in [1.29, 1.82) is 0 Å². The van der Waals surface area contributed by atoms with Gasteiger partial charge in [0, 0.05) is 20.0 Å². The minimum absolute atomic E-state index is 0.175. The molecule has 1 rings (SSSR count). The molecule has 0 aliphatic heterocycles. The Balaban J connectivity index is 2.16. The van der Waals surface area contributed by atoms with E-state index in [1.54, 1.807) is 18.1 Å². The second-order valence-corrected chi connectivity index (χ2v) is 6.28. The zero-order valence-corrected chi connectivity index (χ0v) is 12.4. The lowest BCUT2D eigenvalue weighted by Gasteiger charge is -2.05. The van der Waals surface area contributed by atoms with Crippen LogP contribution in [0.5, 0.6) is 0 Å². The second-order valence-electron chi connectivity index (χ2n) is 4.36. The summed E-state index contributed by atoms with van der Waals surface area (Å²) in [6.07, 6.45) is 3.66. The predicted octanol–water partition coefficient (Wildman–Crippen LogP) is -0.333. The maximum atomic E-state index is 11.7. The summed E-state index contributed by atoms with van der Waals surface area (Å²) in [5, 5.41) is 7.26. The van der Waals surface area contributed by atoms with E-state index in [9.17, 15) is 8.42 Å². The number of aryl methyl sites for hydroxylation is 1. The molecule has 0 fully saturated rings. The number of nitrogens with zero attached hydrogens (tertiary/aromatic N) is 3. The molecule has 19 heavy (non-hydrogen) atoms. The Morgan fingerprint density at radius 2 is 2.11 bits per heavy atom. The van der Waals surface area contributed by atoms with E-state index in [2.05, 4.69) is 20.1 Å². The topological polar surface area (TPSA) is 88.9 Å². The molecule has 1 aromatic heterocycles. The molecule has 0 aliphatic rings. The molecule has 0 saturated heterocycles. The third-order valence-corrected chi connectivity index (χ3v) is 4.05. The average Bonchev–Trinajstić information content (AvgIpc) is 2.74. The standard InChI is InChI=1S/C11H23N5O2S/c1-3-12-7-4-5-9-19(17,18)14-8-6-11-13-10-16(2)15-11/h10,12,14H,3-9H2,1-2H3. The summed E-state index contributed by atoms with van der Waals surface area (Å²) in [5.74, 6) is 0.825. The Hall–Kier alpha value is -0.990. The minimum atomic E-state index is -3.17. The van der Waals surface area contributed by atoms with E-state index in [4.69, 9.17) is 0 Å². The summed E-state index contributed by atoms with van der Waals surface area (Å²) in [6.45, 7) is 4.16. The van der Waals surface area contributed by atoms with Crippen molar-refractivity contribution in [3.8, 4) is 0 Å². The van der Waals surface area contributed by atoms with E-state index in [0.29, 0.717) is 25.2 Å². The van der Waals surface area contributed by atoms with Gasteiger partial charge in [-0.25, -0.2) is 18.1 Å². The van der Waals surface area contributed by atoms with Crippen LogP contribution in [0.4, 0.5) is 0 Å². The van der Waals surface area contributed by atoms with Gasteiger partial charge in [-0.1, -0.05) is 6.92 Å². The molecule has 0 atom stereocenters. The third-order valence-electron chi connectivity index (χ3n) is 2.58. The highest BCUT2D eigenvalue weighted by molar-refractivity contribution is 7.89. The second kappa shape index (κ2) is 8.23. The van der Waals surface area contributed by atoms with Crippen LogP contribution in [0.15, 0.2) is 6.33 Å². The molecule has 2 N–H and O–H groups in total. The summed E-state index contributed by atoms with van der Waals surface area (Å²) in [6, 6.07) is 0. The van der Waals surface area contributed by atoms with E-state index >= 15 is 0 Å². The lowest BCUT2D eigenvalue weighted by atomic mass is 10.3. The molecule has 1 heterocycles. The highest BCUT2D eigenvalue weighted by Crippen LogP contribution is 1.95. The SMILES string of the molecule is CCNCCCCS(=O)(=O)NCCc1ncn(C)n1. The van der Waals surface area contributed by atoms with Crippen LogP contribution in [0, 0.1) is 0 Å². The smallest absolute Gasteiger partial charge is 0.211 e. The molecule has 0 bridgehead atoms. The largest absolute Gasteiger partial charge is 0.317 e. The van der Waals surface area contributed by atoms with Crippen LogP contribution in [0.1, 0.15) is 25.6 Å². The van der Waals surface area contributed by atoms with Gasteiger partial charge in [0.25, 0.3) is 0 Å². The van der Waals surface area contributed by atoms with Crippen molar-refractivity contribution in [2.24, 2.45) is 7.05 Å². The van der Waals surface area contributed by atoms with E-state index in [1.807, 2.05) is 6.92 Å². The molecule has 0 radical (unpaired) electrons. The molecule has 1 aromatic rings. The van der Waals surface area contributed by atoms with Crippen molar-refractivity contribution < 1.29 is 8.42 Å². The Bertz CT molecular complexity index is 457. The van der Waals surface area contributed by atoms with Gasteiger partial charge in [0.1, 0.15) is 6.33 Å². The summed E-state index contributed by atoms with van der Waals surface area (Å²) in [5.41, 5.74) is 0. The van der Waals surface area contributed by atoms with Gasteiger partial charge in [0.2, 0.25) is 10.0 Å². The summed E-state index contributed by atoms with van der Waals surface area (Å²) < 4.78 is 27.5. The van der Waals surface area contributed by atoms with E-state index in [0.717, 1.165) is 19.5 Å². The van der Waals surface area contributed by atoms with E-state index < -0.39 is 10.0 Å². The molecule has 0 amide bonds. The van der Waals surface area contributed by atoms with Gasteiger partial charge in [0.15, 0.2) is 5.82 Å². The molecular formula is C11H23N5O2S. The number of unbranched alkanes of at least 4 members (excludes halogenated alkanes) is 1. The molecule has 7 nitrogen and oxygen atoms in total. The molecule has 8 heteroatoms. The monoisotopic (exact) mass is 289 g/mol. The van der Waals surface area contributed by atoms with Gasteiger partial charge in [-0.3, -0.25) is 4.68 Å². The molecule has 110 valence electrons. The van der Waals surface area contributed by atoms with Gasteiger partial charge >= 0.3 is 0 Å². The zero-order valence-electron chi connectivity index (χ0n) is 11.6. The Morgan fingerprint density at radius 3 is 2.74 bits per heavy atom. The number of hydrogen-bond donors (Lipinski definition) is 2. The fourth-order valence-electron chi connectivity index (χ4n) is 1.61. The van der Waals surface area contributed by atoms with Crippen molar-refractivity contribution in [1.82, 2.24) is 24.8 Å². The van der Waals surface area contributed by atoms with Crippen LogP contribution >= 0.6 is 0 Å². The van der Waals surface area contributed by atoms with Crippen LogP contribution in [0.2, 0.25) is 0 Å². The van der Waals surface area contributed by atoms with Crippen molar-refractivity contribution in [3.05, 3.63) is 12.2 Å². The summed E-state index contributed by atoms with van der Waals surface area (Å²) in [4.78, 5) is 4.04. The van der Waals surface area contributed by atoms with Crippen LogP contribution in [0.25, 0.3) is 0 Å². The Morgan fingerprint density at radius 1 is 1.32 bits per heavy atom.